The summed E-state index contributed by atoms with van der Waals surface area (Å²) in [6.45, 7) is 18.9. The fourth-order valence-electron chi connectivity index (χ4n) is 3.88. The molecule has 0 aliphatic heterocycles. The number of phenols is 1. The van der Waals surface area contributed by atoms with Crippen molar-refractivity contribution in [2.75, 3.05) is 0 Å². The quantitative estimate of drug-likeness (QED) is 0.385. The molecule has 8 nitrogen and oxygen atoms in total. The molecular formula is C28H47N3O5. The average Bonchev–Trinajstić information content (AvgIpc) is 2.72. The van der Waals surface area contributed by atoms with Crippen LogP contribution < -0.4 is 10.6 Å². The lowest BCUT2D eigenvalue weighted by atomic mass is 9.95. The summed E-state index contributed by atoms with van der Waals surface area (Å²) in [5, 5.41) is 15.5. The van der Waals surface area contributed by atoms with Crippen LogP contribution in [-0.4, -0.2) is 51.6 Å². The summed E-state index contributed by atoms with van der Waals surface area (Å²) in [6, 6.07) is 4.05. The Bertz CT molecular complexity index is 859. The van der Waals surface area contributed by atoms with Gasteiger partial charge in [-0.1, -0.05) is 39.8 Å². The lowest BCUT2D eigenvalue weighted by Gasteiger charge is -2.39. The molecule has 0 bridgehead atoms. The first-order valence-electron chi connectivity index (χ1n) is 12.9. The van der Waals surface area contributed by atoms with Crippen LogP contribution in [0.1, 0.15) is 93.7 Å². The Kier molecular flexibility index (Phi) is 11.7. The molecule has 3 atom stereocenters. The zero-order valence-electron chi connectivity index (χ0n) is 23.7. The number of aromatic hydroxyl groups is 1. The fraction of sp³-hybridized carbons (Fsp3) is 0.679. The Morgan fingerprint density at radius 1 is 0.917 bits per heavy atom. The van der Waals surface area contributed by atoms with Gasteiger partial charge in [0.15, 0.2) is 0 Å². The van der Waals surface area contributed by atoms with Crippen molar-refractivity contribution in [3.63, 3.8) is 0 Å². The molecule has 0 aromatic heterocycles. The van der Waals surface area contributed by atoms with E-state index >= 15 is 0 Å². The van der Waals surface area contributed by atoms with Crippen molar-refractivity contribution in [1.82, 2.24) is 15.5 Å². The molecule has 0 saturated heterocycles. The summed E-state index contributed by atoms with van der Waals surface area (Å²) in [5.74, 6) is -0.441. The maximum absolute atomic E-state index is 14.2. The first-order valence-corrected chi connectivity index (χ1v) is 12.9. The molecule has 36 heavy (non-hydrogen) atoms. The minimum Gasteiger partial charge on any atom is -0.508 e. The third-order valence-electron chi connectivity index (χ3n) is 5.66. The molecule has 0 heterocycles. The first kappa shape index (κ1) is 31.3. The van der Waals surface area contributed by atoms with Crippen LogP contribution in [0.5, 0.6) is 5.75 Å². The monoisotopic (exact) mass is 505 g/mol. The number of ether oxygens (including phenoxy) is 1. The van der Waals surface area contributed by atoms with Crippen molar-refractivity contribution < 1.29 is 24.2 Å². The number of nitrogens with one attached hydrogen (secondary N) is 2. The summed E-state index contributed by atoms with van der Waals surface area (Å²) < 4.78 is 5.42. The van der Waals surface area contributed by atoms with E-state index < -0.39 is 23.8 Å². The van der Waals surface area contributed by atoms with Gasteiger partial charge in [-0.3, -0.25) is 9.59 Å². The van der Waals surface area contributed by atoms with Gasteiger partial charge in [0.05, 0.1) is 0 Å². The van der Waals surface area contributed by atoms with Crippen LogP contribution in [0.3, 0.4) is 0 Å². The van der Waals surface area contributed by atoms with Crippen LogP contribution in [0.15, 0.2) is 24.3 Å². The maximum atomic E-state index is 14.2. The zero-order valence-corrected chi connectivity index (χ0v) is 23.7. The number of alkyl carbamates (subject to hydrolysis) is 1. The van der Waals surface area contributed by atoms with E-state index in [9.17, 15) is 19.5 Å². The van der Waals surface area contributed by atoms with E-state index in [1.54, 1.807) is 37.8 Å². The molecule has 0 spiro atoms. The highest BCUT2D eigenvalue weighted by atomic mass is 16.6. The molecule has 0 aliphatic carbocycles. The molecule has 1 rings (SSSR count). The second-order valence-corrected chi connectivity index (χ2v) is 11.6. The SMILES string of the molecule is CC(C)CCC(C)N(C(=O)C(NC(=O)OC(C)(C)C)C(C)C)C(C(=O)NC(C)C)c1ccc(O)cc1. The number of hydrogen-bond donors (Lipinski definition) is 3. The smallest absolute Gasteiger partial charge is 0.408 e. The molecule has 8 heteroatoms. The Balaban J connectivity index is 3.56. The summed E-state index contributed by atoms with van der Waals surface area (Å²) in [6.07, 6.45) is 0.867. The van der Waals surface area contributed by atoms with Gasteiger partial charge in [0, 0.05) is 12.1 Å². The molecule has 0 aliphatic rings. The number of hydrogen-bond acceptors (Lipinski definition) is 5. The van der Waals surface area contributed by atoms with E-state index in [4.69, 9.17) is 4.74 Å². The molecule has 3 unspecified atom stereocenters. The summed E-state index contributed by atoms with van der Waals surface area (Å²) in [5.41, 5.74) is -0.138. The molecule has 204 valence electrons. The molecule has 0 radical (unpaired) electrons. The number of amides is 3. The van der Waals surface area contributed by atoms with Gasteiger partial charge in [0.25, 0.3) is 0 Å². The van der Waals surface area contributed by atoms with Crippen LogP contribution in [0.25, 0.3) is 0 Å². The molecule has 3 N–H and O–H groups in total. The number of carbonyl (C=O) groups excluding carboxylic acids is 3. The maximum Gasteiger partial charge on any atom is 0.408 e. The van der Waals surface area contributed by atoms with E-state index in [0.29, 0.717) is 17.9 Å². The van der Waals surface area contributed by atoms with Gasteiger partial charge in [-0.05, 0) is 83.9 Å². The van der Waals surface area contributed by atoms with E-state index in [1.807, 2.05) is 34.6 Å². The average molecular weight is 506 g/mol. The van der Waals surface area contributed by atoms with Crippen molar-refractivity contribution in [3.8, 4) is 5.75 Å². The van der Waals surface area contributed by atoms with Crippen LogP contribution >= 0.6 is 0 Å². The molecular weight excluding hydrogens is 458 g/mol. The molecule has 1 aromatic carbocycles. The predicted molar refractivity (Wildman–Crippen MR) is 143 cm³/mol. The molecule has 0 fully saturated rings. The zero-order chi connectivity index (χ0) is 27.8. The standard InChI is InChI=1S/C28H47N3O5/c1-17(2)11-12-20(7)31(26(34)23(18(3)4)30-27(35)36-28(8,9)10)24(25(33)29-19(5)6)21-13-15-22(32)16-14-21/h13-20,23-24,32H,11-12H2,1-10H3,(H,29,33)(H,30,35). The van der Waals surface area contributed by atoms with E-state index in [2.05, 4.69) is 24.5 Å². The summed E-state index contributed by atoms with van der Waals surface area (Å²) in [7, 11) is 0. The molecule has 0 saturated carbocycles. The van der Waals surface area contributed by atoms with Crippen molar-refractivity contribution in [1.29, 1.82) is 0 Å². The van der Waals surface area contributed by atoms with Gasteiger partial charge in [0.1, 0.15) is 23.4 Å². The van der Waals surface area contributed by atoms with Crippen LogP contribution in [-0.2, 0) is 14.3 Å². The minimum atomic E-state index is -0.940. The van der Waals surface area contributed by atoms with Gasteiger partial charge in [-0.15, -0.1) is 0 Å². The summed E-state index contributed by atoms with van der Waals surface area (Å²) >= 11 is 0. The Morgan fingerprint density at radius 3 is 1.92 bits per heavy atom. The van der Waals surface area contributed by atoms with Gasteiger partial charge in [-0.25, -0.2) is 4.79 Å². The lowest BCUT2D eigenvalue weighted by molar-refractivity contribution is -0.146. The third-order valence-corrected chi connectivity index (χ3v) is 5.66. The third kappa shape index (κ3) is 10.1. The van der Waals surface area contributed by atoms with E-state index in [0.717, 1.165) is 6.42 Å². The van der Waals surface area contributed by atoms with Crippen LogP contribution in [0, 0.1) is 11.8 Å². The second-order valence-electron chi connectivity index (χ2n) is 11.6. The van der Waals surface area contributed by atoms with Crippen molar-refractivity contribution in [3.05, 3.63) is 29.8 Å². The first-order chi connectivity index (χ1) is 16.5. The van der Waals surface area contributed by atoms with E-state index in [1.165, 1.54) is 12.1 Å². The van der Waals surface area contributed by atoms with Gasteiger partial charge < -0.3 is 25.4 Å². The fourth-order valence-corrected chi connectivity index (χ4v) is 3.88. The van der Waals surface area contributed by atoms with E-state index in [-0.39, 0.29) is 35.6 Å². The molecule has 1 aromatic rings. The van der Waals surface area contributed by atoms with Crippen molar-refractivity contribution >= 4 is 17.9 Å². The molecule has 3 amide bonds. The number of phenolic OH excluding ortho intramolecular Hbond substituents is 1. The number of rotatable bonds is 11. The Hall–Kier alpha value is -2.77. The topological polar surface area (TPSA) is 108 Å². The number of benzene rings is 1. The summed E-state index contributed by atoms with van der Waals surface area (Å²) in [4.78, 5) is 41.9. The van der Waals surface area contributed by atoms with Crippen LogP contribution in [0.2, 0.25) is 0 Å². The van der Waals surface area contributed by atoms with Gasteiger partial charge in [0.2, 0.25) is 11.8 Å². The minimum absolute atomic E-state index is 0.0687. The van der Waals surface area contributed by atoms with Crippen molar-refractivity contribution in [2.24, 2.45) is 11.8 Å². The highest BCUT2D eigenvalue weighted by Crippen LogP contribution is 2.29. The van der Waals surface area contributed by atoms with Crippen LogP contribution in [0.4, 0.5) is 4.79 Å². The van der Waals surface area contributed by atoms with Gasteiger partial charge >= 0.3 is 6.09 Å². The number of carbonyl (C=O) groups is 3. The Labute approximate surface area is 217 Å². The highest BCUT2D eigenvalue weighted by Gasteiger charge is 2.40. The van der Waals surface area contributed by atoms with Crippen molar-refractivity contribution in [2.45, 2.75) is 112 Å². The largest absolute Gasteiger partial charge is 0.508 e. The lowest BCUT2D eigenvalue weighted by Crippen LogP contribution is -2.57. The second kappa shape index (κ2) is 13.5. The predicted octanol–water partition coefficient (Wildman–Crippen LogP) is 5.16. The number of nitrogens with zero attached hydrogens (tertiary/aromatic N) is 1. The normalized spacial score (nSPS) is 14.4. The highest BCUT2D eigenvalue weighted by molar-refractivity contribution is 5.92. The Morgan fingerprint density at radius 2 is 1.47 bits per heavy atom. The van der Waals surface area contributed by atoms with Gasteiger partial charge in [-0.2, -0.15) is 0 Å².